The molecule has 6 nitrogen and oxygen atoms in total. The third kappa shape index (κ3) is 4.67. The quantitative estimate of drug-likeness (QED) is 0.627. The zero-order valence-corrected chi connectivity index (χ0v) is 11.2. The number of carbonyl (C=O) groups is 1. The van der Waals surface area contributed by atoms with Gasteiger partial charge >= 0.3 is 0 Å². The molecular formula is C13H18N2O4. The molecule has 0 saturated carbocycles. The molecule has 0 heterocycles. The number of carbonyl (C=O) groups excluding carboxylic acids is 1. The number of amides is 1. The van der Waals surface area contributed by atoms with Crippen LogP contribution >= 0.6 is 0 Å². The number of aliphatic hydroxyl groups is 1. The molecule has 2 atom stereocenters. The normalized spacial score (nSPS) is 13.7. The van der Waals surface area contributed by atoms with Crippen LogP contribution in [0.3, 0.4) is 0 Å². The van der Waals surface area contributed by atoms with Crippen molar-refractivity contribution >= 4 is 11.6 Å². The predicted molar refractivity (Wildman–Crippen MR) is 71.1 cm³/mol. The van der Waals surface area contributed by atoms with Gasteiger partial charge in [0, 0.05) is 23.7 Å². The molecule has 0 spiro atoms. The number of nitro groups is 1. The van der Waals surface area contributed by atoms with Crippen LogP contribution in [0.5, 0.6) is 0 Å². The fourth-order valence-electron chi connectivity index (χ4n) is 1.88. The van der Waals surface area contributed by atoms with Gasteiger partial charge in [0.2, 0.25) is 0 Å². The van der Waals surface area contributed by atoms with E-state index in [1.165, 1.54) is 12.1 Å². The molecule has 19 heavy (non-hydrogen) atoms. The maximum Gasteiger partial charge on any atom is 0.270 e. The van der Waals surface area contributed by atoms with Crippen molar-refractivity contribution in [2.75, 3.05) is 0 Å². The first kappa shape index (κ1) is 15.1. The molecule has 0 aliphatic carbocycles. The topological polar surface area (TPSA) is 92.5 Å². The zero-order valence-electron chi connectivity index (χ0n) is 11.2. The second-order valence-electron chi connectivity index (χ2n) is 4.77. The van der Waals surface area contributed by atoms with Crippen LogP contribution in [0.15, 0.2) is 18.2 Å². The van der Waals surface area contributed by atoms with Gasteiger partial charge in [-0.05, 0) is 38.8 Å². The smallest absolute Gasteiger partial charge is 0.270 e. The molecule has 1 amide bonds. The summed E-state index contributed by atoms with van der Waals surface area (Å²) in [4.78, 5) is 22.2. The Bertz CT molecular complexity index is 486. The molecule has 2 N–H and O–H groups in total. The van der Waals surface area contributed by atoms with Crippen molar-refractivity contribution in [3.8, 4) is 0 Å². The Labute approximate surface area is 111 Å². The molecule has 0 aromatic heterocycles. The summed E-state index contributed by atoms with van der Waals surface area (Å²) >= 11 is 0. The van der Waals surface area contributed by atoms with Crippen molar-refractivity contribution in [2.24, 2.45) is 0 Å². The van der Waals surface area contributed by atoms with Crippen molar-refractivity contribution < 1.29 is 14.8 Å². The van der Waals surface area contributed by atoms with Crippen molar-refractivity contribution in [1.29, 1.82) is 0 Å². The summed E-state index contributed by atoms with van der Waals surface area (Å²) in [6.45, 7) is 5.11. The van der Waals surface area contributed by atoms with Crippen molar-refractivity contribution in [3.63, 3.8) is 0 Å². The number of hydrogen-bond acceptors (Lipinski definition) is 4. The standard InChI is InChI=1S/C13H18N2O4/c1-8-4-11(7-12(5-8)15(18)19)13(17)14-9(2)6-10(3)16/h4-5,7,9-10,16H,6H2,1-3H3,(H,14,17). The van der Waals surface area contributed by atoms with Crippen molar-refractivity contribution in [2.45, 2.75) is 39.3 Å². The van der Waals surface area contributed by atoms with Gasteiger partial charge in [0.05, 0.1) is 11.0 Å². The van der Waals surface area contributed by atoms with Crippen LogP contribution < -0.4 is 5.32 Å². The van der Waals surface area contributed by atoms with E-state index in [9.17, 15) is 20.0 Å². The summed E-state index contributed by atoms with van der Waals surface area (Å²) < 4.78 is 0. The number of nitrogens with one attached hydrogen (secondary N) is 1. The average Bonchev–Trinajstić information content (AvgIpc) is 2.26. The number of nitro benzene ring substituents is 1. The molecular weight excluding hydrogens is 248 g/mol. The van der Waals surface area contributed by atoms with E-state index in [2.05, 4.69) is 5.32 Å². The lowest BCUT2D eigenvalue weighted by molar-refractivity contribution is -0.384. The van der Waals surface area contributed by atoms with Gasteiger partial charge in [-0.15, -0.1) is 0 Å². The van der Waals surface area contributed by atoms with Gasteiger partial charge in [-0.25, -0.2) is 0 Å². The molecule has 1 aromatic rings. The monoisotopic (exact) mass is 266 g/mol. The summed E-state index contributed by atoms with van der Waals surface area (Å²) in [5, 5.41) is 22.7. The number of rotatable bonds is 5. The fraction of sp³-hybridized carbons (Fsp3) is 0.462. The van der Waals surface area contributed by atoms with E-state index in [0.717, 1.165) is 0 Å². The Morgan fingerprint density at radius 2 is 2.05 bits per heavy atom. The van der Waals surface area contributed by atoms with E-state index in [1.807, 2.05) is 0 Å². The van der Waals surface area contributed by atoms with Gasteiger partial charge in [-0.2, -0.15) is 0 Å². The van der Waals surface area contributed by atoms with Crippen LogP contribution in [0.4, 0.5) is 5.69 Å². The minimum atomic E-state index is -0.525. The SMILES string of the molecule is Cc1cc(C(=O)NC(C)CC(C)O)cc([N+](=O)[O-])c1. The van der Waals surface area contributed by atoms with E-state index >= 15 is 0 Å². The average molecular weight is 266 g/mol. The third-order valence-corrected chi connectivity index (χ3v) is 2.61. The predicted octanol–water partition coefficient (Wildman–Crippen LogP) is 1.79. The molecule has 1 aromatic carbocycles. The fourth-order valence-corrected chi connectivity index (χ4v) is 1.88. The molecule has 0 radical (unpaired) electrons. The molecule has 0 bridgehead atoms. The van der Waals surface area contributed by atoms with E-state index in [-0.39, 0.29) is 23.2 Å². The lowest BCUT2D eigenvalue weighted by Crippen LogP contribution is -2.34. The lowest BCUT2D eigenvalue weighted by Gasteiger charge is -2.15. The van der Waals surface area contributed by atoms with Crippen molar-refractivity contribution in [3.05, 3.63) is 39.4 Å². The highest BCUT2D eigenvalue weighted by Gasteiger charge is 2.15. The number of non-ortho nitro benzene ring substituents is 1. The first-order valence-electron chi connectivity index (χ1n) is 6.04. The van der Waals surface area contributed by atoms with Crippen LogP contribution in [0.1, 0.15) is 36.2 Å². The lowest BCUT2D eigenvalue weighted by atomic mass is 10.1. The zero-order chi connectivity index (χ0) is 14.6. The van der Waals surface area contributed by atoms with E-state index in [1.54, 1.807) is 26.8 Å². The first-order valence-corrected chi connectivity index (χ1v) is 6.04. The summed E-state index contributed by atoms with van der Waals surface area (Å²) in [5.41, 5.74) is 0.806. The van der Waals surface area contributed by atoms with Gasteiger partial charge < -0.3 is 10.4 Å². The van der Waals surface area contributed by atoms with Gasteiger partial charge in [-0.1, -0.05) is 0 Å². The highest BCUT2D eigenvalue weighted by Crippen LogP contribution is 2.16. The minimum Gasteiger partial charge on any atom is -0.393 e. The Hall–Kier alpha value is -1.95. The van der Waals surface area contributed by atoms with Gasteiger partial charge in [0.25, 0.3) is 11.6 Å². The van der Waals surface area contributed by atoms with Crippen LogP contribution in [0.2, 0.25) is 0 Å². The number of nitrogens with zero attached hydrogens (tertiary/aromatic N) is 1. The summed E-state index contributed by atoms with van der Waals surface area (Å²) in [6.07, 6.45) is -0.0817. The highest BCUT2D eigenvalue weighted by molar-refractivity contribution is 5.95. The Morgan fingerprint density at radius 1 is 1.42 bits per heavy atom. The summed E-state index contributed by atoms with van der Waals surface area (Å²) in [6, 6.07) is 4.05. The van der Waals surface area contributed by atoms with Crippen molar-refractivity contribution in [1.82, 2.24) is 5.32 Å². The van der Waals surface area contributed by atoms with E-state index in [4.69, 9.17) is 0 Å². The largest absolute Gasteiger partial charge is 0.393 e. The second-order valence-corrected chi connectivity index (χ2v) is 4.77. The highest BCUT2D eigenvalue weighted by atomic mass is 16.6. The molecule has 0 saturated heterocycles. The van der Waals surface area contributed by atoms with Gasteiger partial charge in [0.15, 0.2) is 0 Å². The maximum atomic E-state index is 11.9. The third-order valence-electron chi connectivity index (χ3n) is 2.61. The molecule has 104 valence electrons. The Kier molecular flexibility index (Phi) is 5.00. The summed E-state index contributed by atoms with van der Waals surface area (Å²) in [7, 11) is 0. The molecule has 0 fully saturated rings. The number of benzene rings is 1. The number of aliphatic hydroxyl groups excluding tert-OH is 1. The van der Waals surface area contributed by atoms with E-state index in [0.29, 0.717) is 12.0 Å². The van der Waals surface area contributed by atoms with Gasteiger partial charge in [-0.3, -0.25) is 14.9 Å². The van der Waals surface area contributed by atoms with Crippen LogP contribution in [-0.4, -0.2) is 28.1 Å². The van der Waals surface area contributed by atoms with Crippen LogP contribution in [-0.2, 0) is 0 Å². The minimum absolute atomic E-state index is 0.103. The van der Waals surface area contributed by atoms with Gasteiger partial charge in [0.1, 0.15) is 0 Å². The molecule has 1 rings (SSSR count). The molecule has 2 unspecified atom stereocenters. The molecule has 0 aliphatic rings. The van der Waals surface area contributed by atoms with Crippen LogP contribution in [0, 0.1) is 17.0 Å². The van der Waals surface area contributed by atoms with Crippen LogP contribution in [0.25, 0.3) is 0 Å². The summed E-state index contributed by atoms with van der Waals surface area (Å²) in [5.74, 6) is -0.375. The maximum absolute atomic E-state index is 11.9. The number of hydrogen-bond donors (Lipinski definition) is 2. The second kappa shape index (κ2) is 6.29. The molecule has 6 heteroatoms. The first-order chi connectivity index (χ1) is 8.79. The Balaban J connectivity index is 2.85. The number of aryl methyl sites for hydroxylation is 1. The Morgan fingerprint density at radius 3 is 2.58 bits per heavy atom. The molecule has 0 aliphatic heterocycles. The van der Waals surface area contributed by atoms with E-state index < -0.39 is 11.0 Å².